The van der Waals surface area contributed by atoms with Crippen molar-refractivity contribution < 1.29 is 0 Å². The van der Waals surface area contributed by atoms with Gasteiger partial charge in [-0.3, -0.25) is 0 Å². The van der Waals surface area contributed by atoms with Crippen LogP contribution in [0.15, 0.2) is 48.5 Å². The fraction of sp³-hybridized carbons (Fsp3) is 0.368. The standard InChI is InChI=1S/C19H25N/c1-4-12-20-14-16-6-5-7-19(13-16)18-10-8-17(9-11-18)15(2)3/h5-11,13,15,20H,4,12,14H2,1-3H3. The molecule has 0 aliphatic rings. The highest BCUT2D eigenvalue weighted by atomic mass is 14.8. The molecule has 1 heteroatoms. The average Bonchev–Trinajstić information content (AvgIpc) is 2.48. The molecule has 0 unspecified atom stereocenters. The molecule has 0 fully saturated rings. The summed E-state index contributed by atoms with van der Waals surface area (Å²) in [6.45, 7) is 8.68. The molecular weight excluding hydrogens is 242 g/mol. The maximum absolute atomic E-state index is 3.45. The molecule has 2 rings (SSSR count). The van der Waals surface area contributed by atoms with Crippen molar-refractivity contribution in [2.24, 2.45) is 0 Å². The van der Waals surface area contributed by atoms with Gasteiger partial charge in [-0.05, 0) is 47.2 Å². The lowest BCUT2D eigenvalue weighted by Crippen LogP contribution is -2.13. The zero-order chi connectivity index (χ0) is 14.4. The van der Waals surface area contributed by atoms with Crippen molar-refractivity contribution in [1.82, 2.24) is 5.32 Å². The first kappa shape index (κ1) is 14.8. The quantitative estimate of drug-likeness (QED) is 0.728. The van der Waals surface area contributed by atoms with Crippen LogP contribution in [0.4, 0.5) is 0 Å². The van der Waals surface area contributed by atoms with E-state index in [-0.39, 0.29) is 0 Å². The van der Waals surface area contributed by atoms with Crippen LogP contribution in [0.3, 0.4) is 0 Å². The van der Waals surface area contributed by atoms with Gasteiger partial charge in [0.05, 0.1) is 0 Å². The molecule has 2 aromatic carbocycles. The zero-order valence-electron chi connectivity index (χ0n) is 12.8. The Bertz CT molecular complexity index is 526. The van der Waals surface area contributed by atoms with Gasteiger partial charge >= 0.3 is 0 Å². The molecule has 1 nitrogen and oxygen atoms in total. The lowest BCUT2D eigenvalue weighted by Gasteiger charge is -2.09. The number of nitrogens with one attached hydrogen (secondary N) is 1. The van der Waals surface area contributed by atoms with Gasteiger partial charge in [0, 0.05) is 6.54 Å². The highest BCUT2D eigenvalue weighted by Crippen LogP contribution is 2.23. The minimum absolute atomic E-state index is 0.591. The van der Waals surface area contributed by atoms with Gasteiger partial charge in [0.2, 0.25) is 0 Å². The van der Waals surface area contributed by atoms with Crippen molar-refractivity contribution in [2.45, 2.75) is 39.7 Å². The Balaban J connectivity index is 2.13. The van der Waals surface area contributed by atoms with Crippen LogP contribution in [-0.4, -0.2) is 6.54 Å². The normalized spacial score (nSPS) is 11.0. The van der Waals surface area contributed by atoms with Crippen molar-refractivity contribution in [3.63, 3.8) is 0 Å². The zero-order valence-corrected chi connectivity index (χ0v) is 12.8. The Morgan fingerprint density at radius 2 is 1.70 bits per heavy atom. The van der Waals surface area contributed by atoms with E-state index in [4.69, 9.17) is 0 Å². The molecule has 0 spiro atoms. The molecule has 2 aromatic rings. The van der Waals surface area contributed by atoms with E-state index in [1.54, 1.807) is 0 Å². The van der Waals surface area contributed by atoms with Crippen LogP contribution in [-0.2, 0) is 6.54 Å². The van der Waals surface area contributed by atoms with Gasteiger partial charge in [-0.15, -0.1) is 0 Å². The molecule has 0 aliphatic carbocycles. The van der Waals surface area contributed by atoms with Gasteiger partial charge in [0.25, 0.3) is 0 Å². The van der Waals surface area contributed by atoms with Gasteiger partial charge in [-0.2, -0.15) is 0 Å². The van der Waals surface area contributed by atoms with Crippen LogP contribution in [0, 0.1) is 0 Å². The SMILES string of the molecule is CCCNCc1cccc(-c2ccc(C(C)C)cc2)c1. The molecular formula is C19H25N. The Morgan fingerprint density at radius 1 is 0.950 bits per heavy atom. The largest absolute Gasteiger partial charge is 0.313 e. The van der Waals surface area contributed by atoms with Crippen LogP contribution in [0.25, 0.3) is 11.1 Å². The summed E-state index contributed by atoms with van der Waals surface area (Å²) >= 11 is 0. The highest BCUT2D eigenvalue weighted by Gasteiger charge is 2.02. The number of rotatable bonds is 6. The third-order valence-electron chi connectivity index (χ3n) is 3.59. The molecule has 0 atom stereocenters. The molecule has 0 saturated carbocycles. The first-order chi connectivity index (χ1) is 9.70. The van der Waals surface area contributed by atoms with E-state index in [1.165, 1.54) is 28.7 Å². The van der Waals surface area contributed by atoms with Crippen LogP contribution in [0.5, 0.6) is 0 Å². The van der Waals surface area contributed by atoms with Crippen molar-refractivity contribution in [2.75, 3.05) is 6.54 Å². The minimum Gasteiger partial charge on any atom is -0.313 e. The summed E-state index contributed by atoms with van der Waals surface area (Å²) in [5.41, 5.74) is 5.35. The molecule has 0 aliphatic heterocycles. The van der Waals surface area contributed by atoms with Crippen LogP contribution in [0.2, 0.25) is 0 Å². The molecule has 1 N–H and O–H groups in total. The second kappa shape index (κ2) is 7.25. The summed E-state index contributed by atoms with van der Waals surface area (Å²) in [5, 5.41) is 3.45. The molecule has 20 heavy (non-hydrogen) atoms. The van der Waals surface area contributed by atoms with E-state index in [1.807, 2.05) is 0 Å². The third kappa shape index (κ3) is 3.94. The van der Waals surface area contributed by atoms with Gasteiger partial charge in [-0.1, -0.05) is 63.2 Å². The van der Waals surface area contributed by atoms with Gasteiger partial charge in [-0.25, -0.2) is 0 Å². The molecule has 0 bridgehead atoms. The maximum atomic E-state index is 3.45. The highest BCUT2D eigenvalue weighted by molar-refractivity contribution is 5.64. The number of hydrogen-bond donors (Lipinski definition) is 1. The Morgan fingerprint density at radius 3 is 2.35 bits per heavy atom. The van der Waals surface area contributed by atoms with Crippen molar-refractivity contribution >= 4 is 0 Å². The molecule has 0 radical (unpaired) electrons. The lowest BCUT2D eigenvalue weighted by molar-refractivity contribution is 0.675. The number of benzene rings is 2. The summed E-state index contributed by atoms with van der Waals surface area (Å²) in [6.07, 6.45) is 1.18. The van der Waals surface area contributed by atoms with Crippen LogP contribution in [0.1, 0.15) is 44.2 Å². The van der Waals surface area contributed by atoms with E-state index < -0.39 is 0 Å². The van der Waals surface area contributed by atoms with E-state index in [2.05, 4.69) is 74.6 Å². The predicted molar refractivity (Wildman–Crippen MR) is 88.0 cm³/mol. The summed E-state index contributed by atoms with van der Waals surface area (Å²) in [6, 6.07) is 17.7. The second-order valence-corrected chi connectivity index (χ2v) is 5.65. The minimum atomic E-state index is 0.591. The summed E-state index contributed by atoms with van der Waals surface area (Å²) in [7, 11) is 0. The smallest absolute Gasteiger partial charge is 0.0205 e. The fourth-order valence-corrected chi connectivity index (χ4v) is 2.33. The van der Waals surface area contributed by atoms with E-state index in [0.29, 0.717) is 5.92 Å². The van der Waals surface area contributed by atoms with Gasteiger partial charge < -0.3 is 5.32 Å². The summed E-state index contributed by atoms with van der Waals surface area (Å²) in [4.78, 5) is 0. The fourth-order valence-electron chi connectivity index (χ4n) is 2.33. The van der Waals surface area contributed by atoms with E-state index >= 15 is 0 Å². The predicted octanol–water partition coefficient (Wildman–Crippen LogP) is 4.98. The maximum Gasteiger partial charge on any atom is 0.0205 e. The van der Waals surface area contributed by atoms with Crippen molar-refractivity contribution in [3.8, 4) is 11.1 Å². The average molecular weight is 267 g/mol. The first-order valence-corrected chi connectivity index (χ1v) is 7.60. The topological polar surface area (TPSA) is 12.0 Å². The Kier molecular flexibility index (Phi) is 5.37. The van der Waals surface area contributed by atoms with E-state index in [0.717, 1.165) is 13.1 Å². The van der Waals surface area contributed by atoms with Gasteiger partial charge in [0.15, 0.2) is 0 Å². The summed E-state index contributed by atoms with van der Waals surface area (Å²) < 4.78 is 0. The Hall–Kier alpha value is -1.60. The van der Waals surface area contributed by atoms with E-state index in [9.17, 15) is 0 Å². The lowest BCUT2D eigenvalue weighted by atomic mass is 9.98. The van der Waals surface area contributed by atoms with Crippen LogP contribution >= 0.6 is 0 Å². The van der Waals surface area contributed by atoms with Crippen LogP contribution < -0.4 is 5.32 Å². The number of hydrogen-bond acceptors (Lipinski definition) is 1. The molecule has 0 amide bonds. The monoisotopic (exact) mass is 267 g/mol. The van der Waals surface area contributed by atoms with Gasteiger partial charge in [0.1, 0.15) is 0 Å². The third-order valence-corrected chi connectivity index (χ3v) is 3.59. The van der Waals surface area contributed by atoms with Crippen molar-refractivity contribution in [1.29, 1.82) is 0 Å². The van der Waals surface area contributed by atoms with Crippen molar-refractivity contribution in [3.05, 3.63) is 59.7 Å². The summed E-state index contributed by atoms with van der Waals surface area (Å²) in [5.74, 6) is 0.591. The first-order valence-electron chi connectivity index (χ1n) is 7.60. The molecule has 0 heterocycles. The molecule has 106 valence electrons. The second-order valence-electron chi connectivity index (χ2n) is 5.65. The molecule has 0 saturated heterocycles. The molecule has 0 aromatic heterocycles. The Labute approximate surface area is 123 Å².